The van der Waals surface area contributed by atoms with Crippen molar-refractivity contribution >= 4 is 10.0 Å². The van der Waals surface area contributed by atoms with E-state index in [0.717, 1.165) is 5.56 Å². The molecule has 0 saturated carbocycles. The number of sulfonamides is 1. The van der Waals surface area contributed by atoms with Crippen LogP contribution in [0.1, 0.15) is 18.7 Å². The fourth-order valence-corrected chi connectivity index (χ4v) is 2.94. The van der Waals surface area contributed by atoms with Gasteiger partial charge >= 0.3 is 0 Å². The second-order valence-electron chi connectivity index (χ2n) is 3.65. The first-order valence-corrected chi connectivity index (χ1v) is 6.92. The number of rotatable bonds is 3. The van der Waals surface area contributed by atoms with Crippen molar-refractivity contribution in [2.75, 3.05) is 18.9 Å². The van der Waals surface area contributed by atoms with E-state index in [-0.39, 0.29) is 5.75 Å². The molecule has 0 amide bonds. The molecular formula is C11H15NO3S. The van der Waals surface area contributed by atoms with Gasteiger partial charge in [0.15, 0.2) is 0 Å². The summed E-state index contributed by atoms with van der Waals surface area (Å²) in [6.07, 6.45) is -0.453. The van der Waals surface area contributed by atoms with E-state index >= 15 is 0 Å². The van der Waals surface area contributed by atoms with Gasteiger partial charge in [0.25, 0.3) is 0 Å². The van der Waals surface area contributed by atoms with Crippen LogP contribution in [-0.4, -0.2) is 31.6 Å². The van der Waals surface area contributed by atoms with E-state index in [1.54, 1.807) is 6.92 Å². The molecule has 2 rings (SSSR count). The first kappa shape index (κ1) is 11.6. The van der Waals surface area contributed by atoms with Crippen molar-refractivity contribution in [3.63, 3.8) is 0 Å². The summed E-state index contributed by atoms with van der Waals surface area (Å²) < 4.78 is 30.6. The molecule has 0 bridgehead atoms. The lowest BCUT2D eigenvalue weighted by atomic mass is 10.2. The minimum atomic E-state index is -3.19. The first-order chi connectivity index (χ1) is 7.65. The van der Waals surface area contributed by atoms with Crippen LogP contribution in [0.15, 0.2) is 30.3 Å². The molecule has 1 aromatic rings. The van der Waals surface area contributed by atoms with Crippen molar-refractivity contribution in [2.24, 2.45) is 0 Å². The van der Waals surface area contributed by atoms with Crippen molar-refractivity contribution < 1.29 is 13.2 Å². The molecule has 1 unspecified atom stereocenters. The maximum Gasteiger partial charge on any atom is 0.216 e. The van der Waals surface area contributed by atoms with Gasteiger partial charge in [0.2, 0.25) is 10.0 Å². The summed E-state index contributed by atoms with van der Waals surface area (Å²) in [7, 11) is -3.19. The molecule has 0 aliphatic carbocycles. The Labute approximate surface area is 95.9 Å². The minimum absolute atomic E-state index is 0.111. The molecule has 1 saturated heterocycles. The zero-order valence-corrected chi connectivity index (χ0v) is 9.98. The number of nitrogens with zero attached hydrogens (tertiary/aromatic N) is 1. The third kappa shape index (κ3) is 2.11. The molecule has 0 aromatic heterocycles. The Morgan fingerprint density at radius 2 is 2.06 bits per heavy atom. The fraction of sp³-hybridized carbons (Fsp3) is 0.455. The zero-order chi connectivity index (χ0) is 11.6. The lowest BCUT2D eigenvalue weighted by molar-refractivity contribution is 0.0684. The first-order valence-electron chi connectivity index (χ1n) is 5.31. The number of hydrogen-bond donors (Lipinski definition) is 0. The van der Waals surface area contributed by atoms with Crippen LogP contribution in [0.25, 0.3) is 0 Å². The highest BCUT2D eigenvalue weighted by molar-refractivity contribution is 7.89. The van der Waals surface area contributed by atoms with Crippen LogP contribution in [0.2, 0.25) is 0 Å². The van der Waals surface area contributed by atoms with Gasteiger partial charge in [0, 0.05) is 6.54 Å². The Bertz CT molecular complexity index is 444. The monoisotopic (exact) mass is 241 g/mol. The molecule has 5 heteroatoms. The highest BCUT2D eigenvalue weighted by Crippen LogP contribution is 2.29. The maximum absolute atomic E-state index is 11.8. The van der Waals surface area contributed by atoms with Crippen molar-refractivity contribution in [3.8, 4) is 0 Å². The Kier molecular flexibility index (Phi) is 3.28. The average molecular weight is 241 g/mol. The van der Waals surface area contributed by atoms with Gasteiger partial charge in [-0.15, -0.1) is 0 Å². The molecule has 4 nitrogen and oxygen atoms in total. The molecule has 1 atom stereocenters. The van der Waals surface area contributed by atoms with Crippen LogP contribution in [0.5, 0.6) is 0 Å². The molecule has 0 N–H and O–H groups in total. The largest absolute Gasteiger partial charge is 0.356 e. The summed E-state index contributed by atoms with van der Waals surface area (Å²) in [6, 6.07) is 9.43. The van der Waals surface area contributed by atoms with E-state index < -0.39 is 16.3 Å². The fourth-order valence-electron chi connectivity index (χ4n) is 1.79. The van der Waals surface area contributed by atoms with E-state index in [2.05, 4.69) is 0 Å². The van der Waals surface area contributed by atoms with E-state index in [1.165, 1.54) is 4.31 Å². The topological polar surface area (TPSA) is 46.6 Å². The van der Waals surface area contributed by atoms with Crippen LogP contribution in [0.4, 0.5) is 0 Å². The van der Waals surface area contributed by atoms with Gasteiger partial charge in [-0.25, -0.2) is 8.42 Å². The van der Waals surface area contributed by atoms with Crippen molar-refractivity contribution in [1.29, 1.82) is 0 Å². The zero-order valence-electron chi connectivity index (χ0n) is 9.17. The van der Waals surface area contributed by atoms with Crippen LogP contribution in [-0.2, 0) is 14.8 Å². The van der Waals surface area contributed by atoms with Gasteiger partial charge in [-0.3, -0.25) is 0 Å². The van der Waals surface area contributed by atoms with Crippen LogP contribution in [0.3, 0.4) is 0 Å². The summed E-state index contributed by atoms with van der Waals surface area (Å²) in [4.78, 5) is 0. The van der Waals surface area contributed by atoms with Crippen molar-refractivity contribution in [2.45, 2.75) is 13.2 Å². The summed E-state index contributed by atoms with van der Waals surface area (Å²) in [5.41, 5.74) is 0.886. The third-order valence-electron chi connectivity index (χ3n) is 2.66. The van der Waals surface area contributed by atoms with E-state index in [4.69, 9.17) is 4.74 Å². The van der Waals surface area contributed by atoms with Gasteiger partial charge in [-0.2, -0.15) is 4.31 Å². The molecule has 1 aliphatic rings. The smallest absolute Gasteiger partial charge is 0.216 e. The lowest BCUT2D eigenvalue weighted by Gasteiger charge is -2.22. The lowest BCUT2D eigenvalue weighted by Crippen LogP contribution is -2.32. The normalized spacial score (nSPS) is 22.4. The molecule has 88 valence electrons. The minimum Gasteiger partial charge on any atom is -0.356 e. The Hall–Kier alpha value is -0.910. The van der Waals surface area contributed by atoms with E-state index in [9.17, 15) is 8.42 Å². The second-order valence-corrected chi connectivity index (χ2v) is 5.86. The Morgan fingerprint density at radius 1 is 1.38 bits per heavy atom. The molecule has 1 aliphatic heterocycles. The standard InChI is InChI=1S/C11H15NO3S/c1-2-16(13,14)12-8-9-15-11(12)10-6-4-3-5-7-10/h3-7,11H,2,8-9H2,1H3. The molecule has 1 fully saturated rings. The Morgan fingerprint density at radius 3 is 2.69 bits per heavy atom. The number of ether oxygens (including phenoxy) is 1. The quantitative estimate of drug-likeness (QED) is 0.803. The number of benzene rings is 1. The van der Waals surface area contributed by atoms with E-state index in [0.29, 0.717) is 13.2 Å². The highest BCUT2D eigenvalue weighted by Gasteiger charge is 2.34. The molecule has 0 spiro atoms. The predicted octanol–water partition coefficient (Wildman–Crippen LogP) is 1.37. The Balaban J connectivity index is 2.29. The van der Waals surface area contributed by atoms with Gasteiger partial charge in [0.1, 0.15) is 6.23 Å². The van der Waals surface area contributed by atoms with Gasteiger partial charge in [-0.05, 0) is 12.5 Å². The van der Waals surface area contributed by atoms with Crippen molar-refractivity contribution in [3.05, 3.63) is 35.9 Å². The molecule has 0 radical (unpaired) electrons. The molecule has 1 heterocycles. The molecule has 16 heavy (non-hydrogen) atoms. The molecule has 1 aromatic carbocycles. The molecular weight excluding hydrogens is 226 g/mol. The SMILES string of the molecule is CCS(=O)(=O)N1CCOC1c1ccccc1. The van der Waals surface area contributed by atoms with Gasteiger partial charge in [0.05, 0.1) is 12.4 Å². The van der Waals surface area contributed by atoms with Gasteiger partial charge in [-0.1, -0.05) is 30.3 Å². The summed E-state index contributed by atoms with van der Waals surface area (Å²) >= 11 is 0. The predicted molar refractivity (Wildman–Crippen MR) is 61.3 cm³/mol. The summed E-state index contributed by atoms with van der Waals surface area (Å²) in [5, 5.41) is 0. The van der Waals surface area contributed by atoms with E-state index in [1.807, 2.05) is 30.3 Å². The van der Waals surface area contributed by atoms with Crippen LogP contribution < -0.4 is 0 Å². The average Bonchev–Trinajstić information content (AvgIpc) is 2.80. The maximum atomic E-state index is 11.8. The number of hydrogen-bond acceptors (Lipinski definition) is 3. The third-order valence-corrected chi connectivity index (χ3v) is 4.47. The second kappa shape index (κ2) is 4.53. The highest BCUT2D eigenvalue weighted by atomic mass is 32.2. The van der Waals surface area contributed by atoms with Crippen LogP contribution >= 0.6 is 0 Å². The van der Waals surface area contributed by atoms with Crippen molar-refractivity contribution in [1.82, 2.24) is 4.31 Å². The van der Waals surface area contributed by atoms with Gasteiger partial charge < -0.3 is 4.74 Å². The summed E-state index contributed by atoms with van der Waals surface area (Å²) in [6.45, 7) is 2.55. The van der Waals surface area contributed by atoms with Crippen LogP contribution in [0, 0.1) is 0 Å². The summed E-state index contributed by atoms with van der Waals surface area (Å²) in [5.74, 6) is 0.111.